The molecule has 1 aromatic heterocycles. The maximum atomic E-state index is 13.5. The maximum Gasteiger partial charge on any atom is 0.425 e. The van der Waals surface area contributed by atoms with Crippen molar-refractivity contribution in [3.05, 3.63) is 77.3 Å². The van der Waals surface area contributed by atoms with Gasteiger partial charge in [-0.15, -0.1) is 0 Å². The monoisotopic (exact) mass is 453 g/mol. The molecule has 3 rings (SSSR count). The number of imidazole rings is 1. The Kier molecular flexibility index (Phi) is 6.56. The first-order valence-corrected chi connectivity index (χ1v) is 9.51. The van der Waals surface area contributed by atoms with Gasteiger partial charge in [0.1, 0.15) is 12.4 Å². The molecule has 0 aliphatic carbocycles. The molecule has 2 aromatic carbocycles. The second kappa shape index (κ2) is 8.99. The number of nitrogens with one attached hydrogen (secondary N) is 1. The summed E-state index contributed by atoms with van der Waals surface area (Å²) in [6.45, 7) is 0.230. The lowest BCUT2D eigenvalue weighted by Gasteiger charge is -2.29. The summed E-state index contributed by atoms with van der Waals surface area (Å²) < 4.78 is 47.3. The van der Waals surface area contributed by atoms with Crippen LogP contribution in [0.1, 0.15) is 17.8 Å². The Bertz CT molecular complexity index is 1050. The normalized spacial score (nSPS) is 13.5. The number of ether oxygens (including phenoxy) is 1. The number of amides is 1. The lowest BCUT2D eigenvalue weighted by Crippen LogP contribution is -2.46. The topological polar surface area (TPSA) is 76.4 Å². The van der Waals surface area contributed by atoms with E-state index >= 15 is 0 Å². The average molecular weight is 454 g/mol. The molecule has 1 unspecified atom stereocenters. The zero-order valence-corrected chi connectivity index (χ0v) is 17.1. The fraction of sp³-hybridized carbons (Fsp3) is 0.238. The smallest absolute Gasteiger partial charge is 0.425 e. The summed E-state index contributed by atoms with van der Waals surface area (Å²) in [7, 11) is 1.30. The molecular weight excluding hydrogens is 435 g/mol. The van der Waals surface area contributed by atoms with Crippen molar-refractivity contribution in [3.63, 3.8) is 0 Å². The SMILES string of the molecule is Cn1ccnc1C(O)(CC(=O)Nc1ccc(OCc2ccccc2Cl)cc1)C(F)(F)F. The van der Waals surface area contributed by atoms with Crippen LogP contribution in [0.25, 0.3) is 0 Å². The van der Waals surface area contributed by atoms with Crippen LogP contribution in [0.15, 0.2) is 60.9 Å². The van der Waals surface area contributed by atoms with Gasteiger partial charge in [-0.05, 0) is 30.3 Å². The number of carbonyl (C=O) groups is 1. The number of anilines is 1. The first-order chi connectivity index (χ1) is 14.6. The highest BCUT2D eigenvalue weighted by Crippen LogP contribution is 2.40. The minimum absolute atomic E-state index is 0.230. The second-order valence-corrected chi connectivity index (χ2v) is 7.26. The van der Waals surface area contributed by atoms with E-state index in [0.29, 0.717) is 10.8 Å². The lowest BCUT2D eigenvalue weighted by atomic mass is 9.97. The van der Waals surface area contributed by atoms with E-state index < -0.39 is 29.9 Å². The Morgan fingerprint density at radius 1 is 1.19 bits per heavy atom. The summed E-state index contributed by atoms with van der Waals surface area (Å²) in [6, 6.07) is 13.3. The van der Waals surface area contributed by atoms with Gasteiger partial charge in [-0.2, -0.15) is 13.2 Å². The van der Waals surface area contributed by atoms with Gasteiger partial charge >= 0.3 is 6.18 Å². The number of aliphatic hydroxyl groups is 1. The minimum Gasteiger partial charge on any atom is -0.489 e. The highest BCUT2D eigenvalue weighted by atomic mass is 35.5. The van der Waals surface area contributed by atoms with E-state index in [-0.39, 0.29) is 12.3 Å². The van der Waals surface area contributed by atoms with Crippen molar-refractivity contribution in [2.75, 3.05) is 5.32 Å². The predicted molar refractivity (Wildman–Crippen MR) is 109 cm³/mol. The summed E-state index contributed by atoms with van der Waals surface area (Å²) in [5.74, 6) is -1.20. The van der Waals surface area contributed by atoms with Crippen LogP contribution in [0.5, 0.6) is 5.75 Å². The van der Waals surface area contributed by atoms with Crippen LogP contribution >= 0.6 is 11.6 Å². The molecule has 31 heavy (non-hydrogen) atoms. The number of halogens is 4. The Labute approximate surface area is 181 Å². The molecule has 0 fully saturated rings. The lowest BCUT2D eigenvalue weighted by molar-refractivity contribution is -0.270. The van der Waals surface area contributed by atoms with Crippen molar-refractivity contribution in [2.24, 2.45) is 7.05 Å². The van der Waals surface area contributed by atoms with Gasteiger partial charge in [-0.1, -0.05) is 29.8 Å². The Morgan fingerprint density at radius 3 is 2.45 bits per heavy atom. The number of rotatable bonds is 7. The van der Waals surface area contributed by atoms with Crippen molar-refractivity contribution < 1.29 is 27.8 Å². The first kappa shape index (κ1) is 22.6. The van der Waals surface area contributed by atoms with Crippen LogP contribution < -0.4 is 10.1 Å². The van der Waals surface area contributed by atoms with Gasteiger partial charge in [0.25, 0.3) is 0 Å². The number of hydrogen-bond acceptors (Lipinski definition) is 4. The van der Waals surface area contributed by atoms with Crippen LogP contribution in [0.2, 0.25) is 5.02 Å². The molecule has 6 nitrogen and oxygen atoms in total. The Morgan fingerprint density at radius 2 is 1.87 bits per heavy atom. The maximum absolute atomic E-state index is 13.5. The van der Waals surface area contributed by atoms with E-state index in [4.69, 9.17) is 16.3 Å². The summed E-state index contributed by atoms with van der Waals surface area (Å²) >= 11 is 6.07. The molecule has 0 spiro atoms. The van der Waals surface area contributed by atoms with Gasteiger partial charge < -0.3 is 19.7 Å². The molecular formula is C21H19ClF3N3O3. The molecule has 0 bridgehead atoms. The number of benzene rings is 2. The van der Waals surface area contributed by atoms with Gasteiger partial charge in [-0.25, -0.2) is 4.98 Å². The van der Waals surface area contributed by atoms with Crippen LogP contribution in [-0.2, 0) is 24.1 Å². The standard InChI is InChI=1S/C21H19ClF3N3O3/c1-28-11-10-26-19(28)20(30,21(23,24)25)12-18(29)27-15-6-8-16(9-7-15)31-13-14-4-2-3-5-17(14)22/h2-11,30H,12-13H2,1H3,(H,27,29). The average Bonchev–Trinajstić information content (AvgIpc) is 3.14. The minimum atomic E-state index is -5.10. The van der Waals surface area contributed by atoms with Gasteiger partial charge in [-0.3, -0.25) is 4.79 Å². The third-order valence-corrected chi connectivity index (χ3v) is 4.94. The molecule has 0 saturated carbocycles. The molecule has 3 aromatic rings. The van der Waals surface area contributed by atoms with Gasteiger partial charge in [0, 0.05) is 35.7 Å². The van der Waals surface area contributed by atoms with Gasteiger partial charge in [0.2, 0.25) is 11.5 Å². The molecule has 0 aliphatic heterocycles. The summed E-state index contributed by atoms with van der Waals surface area (Å²) in [4.78, 5) is 15.8. The van der Waals surface area contributed by atoms with Crippen molar-refractivity contribution in [2.45, 2.75) is 24.8 Å². The van der Waals surface area contributed by atoms with Gasteiger partial charge in [0.15, 0.2) is 5.82 Å². The fourth-order valence-corrected chi connectivity index (χ4v) is 3.11. The number of hydrogen-bond donors (Lipinski definition) is 2. The first-order valence-electron chi connectivity index (χ1n) is 9.13. The van der Waals surface area contributed by atoms with Crippen molar-refractivity contribution in [3.8, 4) is 5.75 Å². The predicted octanol–water partition coefficient (Wildman–Crippen LogP) is 4.43. The van der Waals surface area contributed by atoms with E-state index in [0.717, 1.165) is 16.3 Å². The van der Waals surface area contributed by atoms with Crippen LogP contribution in [0, 0.1) is 0 Å². The number of nitrogens with zero attached hydrogens (tertiary/aromatic N) is 2. The molecule has 1 amide bonds. The largest absolute Gasteiger partial charge is 0.489 e. The second-order valence-electron chi connectivity index (χ2n) is 6.85. The quantitative estimate of drug-likeness (QED) is 0.555. The Hall–Kier alpha value is -3.04. The fourth-order valence-electron chi connectivity index (χ4n) is 2.92. The molecule has 0 aliphatic rings. The zero-order valence-electron chi connectivity index (χ0n) is 16.4. The van der Waals surface area contributed by atoms with Crippen LogP contribution in [0.3, 0.4) is 0 Å². The molecule has 164 valence electrons. The van der Waals surface area contributed by atoms with Crippen LogP contribution in [0.4, 0.5) is 18.9 Å². The van der Waals surface area contributed by atoms with E-state index in [1.165, 1.54) is 25.4 Å². The highest BCUT2D eigenvalue weighted by Gasteiger charge is 2.58. The summed E-state index contributed by atoms with van der Waals surface area (Å²) in [5.41, 5.74) is -2.38. The summed E-state index contributed by atoms with van der Waals surface area (Å²) in [6.07, 6.45) is -3.97. The molecule has 1 heterocycles. The number of aromatic nitrogens is 2. The van der Waals surface area contributed by atoms with Gasteiger partial charge in [0.05, 0.1) is 6.42 Å². The highest BCUT2D eigenvalue weighted by molar-refractivity contribution is 6.31. The molecule has 0 saturated heterocycles. The molecule has 10 heteroatoms. The number of carbonyl (C=O) groups excluding carboxylic acids is 1. The van der Waals surface area contributed by atoms with E-state index in [9.17, 15) is 23.1 Å². The molecule has 0 radical (unpaired) electrons. The van der Waals surface area contributed by atoms with E-state index in [1.807, 2.05) is 12.1 Å². The van der Waals surface area contributed by atoms with Crippen molar-refractivity contribution in [1.29, 1.82) is 0 Å². The molecule has 1 atom stereocenters. The number of aryl methyl sites for hydroxylation is 1. The molecule has 2 N–H and O–H groups in total. The third kappa shape index (κ3) is 5.18. The van der Waals surface area contributed by atoms with Crippen molar-refractivity contribution >= 4 is 23.2 Å². The third-order valence-electron chi connectivity index (χ3n) is 4.57. The van der Waals surface area contributed by atoms with Crippen LogP contribution in [-0.4, -0.2) is 26.7 Å². The summed E-state index contributed by atoms with van der Waals surface area (Å²) in [5, 5.41) is 13.2. The Balaban J connectivity index is 1.65. The van der Waals surface area contributed by atoms with Crippen molar-refractivity contribution in [1.82, 2.24) is 9.55 Å². The zero-order chi connectivity index (χ0) is 22.6. The van der Waals surface area contributed by atoms with E-state index in [1.54, 1.807) is 24.3 Å². The number of alkyl halides is 3. The van der Waals surface area contributed by atoms with E-state index in [2.05, 4.69) is 10.3 Å².